The van der Waals surface area contributed by atoms with Gasteiger partial charge in [-0.2, -0.15) is 0 Å². The van der Waals surface area contributed by atoms with Crippen molar-refractivity contribution in [1.82, 2.24) is 9.47 Å². The number of amides is 1. The molecular weight excluding hydrogens is 204 g/mol. The van der Waals surface area contributed by atoms with Crippen molar-refractivity contribution >= 4 is 11.7 Å². The molecule has 0 N–H and O–H groups in total. The van der Waals surface area contributed by atoms with Crippen LogP contribution in [0.5, 0.6) is 0 Å². The van der Waals surface area contributed by atoms with Crippen molar-refractivity contribution in [2.75, 3.05) is 7.05 Å². The molecule has 4 heteroatoms. The van der Waals surface area contributed by atoms with Gasteiger partial charge in [0.1, 0.15) is 6.54 Å². The van der Waals surface area contributed by atoms with Gasteiger partial charge >= 0.3 is 0 Å². The third kappa shape index (κ3) is 2.32. The topological polar surface area (TPSA) is 42.3 Å². The maximum absolute atomic E-state index is 11.8. The Kier molecular flexibility index (Phi) is 2.81. The normalized spacial score (nSPS) is 14.9. The maximum Gasteiger partial charge on any atom is 0.242 e. The van der Waals surface area contributed by atoms with Gasteiger partial charge in [0.05, 0.1) is 0 Å². The molecule has 0 aromatic carbocycles. The van der Waals surface area contributed by atoms with Gasteiger partial charge in [0.15, 0.2) is 5.78 Å². The summed E-state index contributed by atoms with van der Waals surface area (Å²) in [4.78, 5) is 24.7. The molecular formula is C12H16N2O2. The van der Waals surface area contributed by atoms with E-state index < -0.39 is 0 Å². The number of hydrogen-bond donors (Lipinski definition) is 0. The Morgan fingerprint density at radius 1 is 1.50 bits per heavy atom. The Bertz CT molecular complexity index is 418. The first-order valence-electron chi connectivity index (χ1n) is 5.50. The molecule has 0 radical (unpaired) electrons. The van der Waals surface area contributed by atoms with Gasteiger partial charge < -0.3 is 9.47 Å². The van der Waals surface area contributed by atoms with Gasteiger partial charge in [-0.05, 0) is 25.8 Å². The van der Waals surface area contributed by atoms with Gasteiger partial charge in [-0.1, -0.05) is 0 Å². The predicted octanol–water partition coefficient (Wildman–Crippen LogP) is 1.31. The van der Waals surface area contributed by atoms with Gasteiger partial charge in [-0.3, -0.25) is 9.59 Å². The first-order chi connectivity index (χ1) is 7.58. The van der Waals surface area contributed by atoms with E-state index in [9.17, 15) is 9.59 Å². The van der Waals surface area contributed by atoms with E-state index in [0.29, 0.717) is 18.2 Å². The highest BCUT2D eigenvalue weighted by Crippen LogP contribution is 2.25. The molecule has 0 atom stereocenters. The molecule has 0 saturated heterocycles. The number of Topliss-reactive ketones (excluding diaryl/α,β-unsaturated/α-hetero) is 1. The van der Waals surface area contributed by atoms with Crippen LogP contribution in [0.3, 0.4) is 0 Å². The van der Waals surface area contributed by atoms with Crippen molar-refractivity contribution in [2.24, 2.45) is 0 Å². The van der Waals surface area contributed by atoms with E-state index in [1.54, 1.807) is 27.9 Å². The lowest BCUT2D eigenvalue weighted by Crippen LogP contribution is -2.31. The van der Waals surface area contributed by atoms with E-state index in [0.717, 1.165) is 12.8 Å². The molecule has 1 aromatic heterocycles. The summed E-state index contributed by atoms with van der Waals surface area (Å²) in [5.74, 6) is 0.134. The summed E-state index contributed by atoms with van der Waals surface area (Å²) >= 11 is 0. The third-order valence-electron chi connectivity index (χ3n) is 2.96. The summed E-state index contributed by atoms with van der Waals surface area (Å²) in [5.41, 5.74) is 0.655. The quantitative estimate of drug-likeness (QED) is 0.718. The molecule has 2 rings (SSSR count). The zero-order chi connectivity index (χ0) is 11.7. The van der Waals surface area contributed by atoms with Crippen molar-refractivity contribution in [1.29, 1.82) is 0 Å². The molecule has 1 amide bonds. The molecule has 0 unspecified atom stereocenters. The Balaban J connectivity index is 1.97. The number of rotatable bonds is 4. The van der Waals surface area contributed by atoms with Crippen LogP contribution >= 0.6 is 0 Å². The summed E-state index contributed by atoms with van der Waals surface area (Å²) in [6, 6.07) is 2.18. The van der Waals surface area contributed by atoms with E-state index in [2.05, 4.69) is 0 Å². The Labute approximate surface area is 94.8 Å². The highest BCUT2D eigenvalue weighted by Gasteiger charge is 2.29. The maximum atomic E-state index is 11.8. The molecule has 0 bridgehead atoms. The minimum atomic E-state index is 0.0294. The van der Waals surface area contributed by atoms with Crippen LogP contribution in [-0.4, -0.2) is 34.2 Å². The molecule has 0 aliphatic heterocycles. The lowest BCUT2D eigenvalue weighted by Gasteiger charge is -2.16. The lowest BCUT2D eigenvalue weighted by molar-refractivity contribution is -0.131. The third-order valence-corrected chi connectivity index (χ3v) is 2.96. The van der Waals surface area contributed by atoms with Gasteiger partial charge in [0.2, 0.25) is 5.91 Å². The average Bonchev–Trinajstić information content (AvgIpc) is 2.97. The molecule has 1 saturated carbocycles. The van der Waals surface area contributed by atoms with Gasteiger partial charge in [-0.25, -0.2) is 0 Å². The monoisotopic (exact) mass is 220 g/mol. The summed E-state index contributed by atoms with van der Waals surface area (Å²) in [7, 11) is 1.84. The van der Waals surface area contributed by atoms with Crippen LogP contribution in [0.15, 0.2) is 18.5 Å². The fraction of sp³-hybridized carbons (Fsp3) is 0.500. The standard InChI is InChI=1S/C12H16N2O2/c1-9(15)10-5-6-14(7-10)8-12(16)13(2)11-3-4-11/h5-7,11H,3-4,8H2,1-2H3. The highest BCUT2D eigenvalue weighted by molar-refractivity contribution is 5.93. The number of nitrogens with zero attached hydrogens (tertiary/aromatic N) is 2. The zero-order valence-electron chi connectivity index (χ0n) is 9.64. The fourth-order valence-electron chi connectivity index (χ4n) is 1.68. The van der Waals surface area contributed by atoms with Crippen LogP contribution in [-0.2, 0) is 11.3 Å². The molecule has 86 valence electrons. The van der Waals surface area contributed by atoms with E-state index in [1.165, 1.54) is 6.92 Å². The largest absolute Gasteiger partial charge is 0.344 e. The number of hydrogen-bond acceptors (Lipinski definition) is 2. The Morgan fingerprint density at radius 2 is 2.19 bits per heavy atom. The molecule has 0 spiro atoms. The molecule has 16 heavy (non-hydrogen) atoms. The molecule has 1 aliphatic carbocycles. The second-order valence-corrected chi connectivity index (χ2v) is 4.36. The van der Waals surface area contributed by atoms with Crippen molar-refractivity contribution < 1.29 is 9.59 Å². The molecule has 1 heterocycles. The molecule has 1 aromatic rings. The van der Waals surface area contributed by atoms with Gasteiger partial charge in [-0.15, -0.1) is 0 Å². The number of aromatic nitrogens is 1. The molecule has 4 nitrogen and oxygen atoms in total. The predicted molar refractivity (Wildman–Crippen MR) is 60.2 cm³/mol. The molecule has 1 fully saturated rings. The lowest BCUT2D eigenvalue weighted by atomic mass is 10.2. The van der Waals surface area contributed by atoms with Gasteiger partial charge in [0.25, 0.3) is 0 Å². The SMILES string of the molecule is CC(=O)c1ccn(CC(=O)N(C)C2CC2)c1. The van der Waals surface area contributed by atoms with Crippen LogP contribution in [0.1, 0.15) is 30.1 Å². The van der Waals surface area contributed by atoms with Crippen LogP contribution in [0.4, 0.5) is 0 Å². The van der Waals surface area contributed by atoms with Crippen LogP contribution < -0.4 is 0 Å². The van der Waals surface area contributed by atoms with E-state index in [1.807, 2.05) is 7.05 Å². The van der Waals surface area contributed by atoms with Crippen LogP contribution in [0.2, 0.25) is 0 Å². The smallest absolute Gasteiger partial charge is 0.242 e. The van der Waals surface area contributed by atoms with E-state index in [4.69, 9.17) is 0 Å². The summed E-state index contributed by atoms with van der Waals surface area (Å²) in [6.45, 7) is 1.85. The molecule has 1 aliphatic rings. The van der Waals surface area contributed by atoms with Crippen LogP contribution in [0, 0.1) is 0 Å². The Morgan fingerprint density at radius 3 is 2.69 bits per heavy atom. The summed E-state index contributed by atoms with van der Waals surface area (Å²) < 4.78 is 1.76. The van der Waals surface area contributed by atoms with Gasteiger partial charge in [0, 0.05) is 31.0 Å². The first-order valence-corrected chi connectivity index (χ1v) is 5.50. The summed E-state index contributed by atoms with van der Waals surface area (Å²) in [6.07, 6.45) is 5.73. The number of carbonyl (C=O) groups is 2. The Hall–Kier alpha value is -1.58. The van der Waals surface area contributed by atoms with Crippen LogP contribution in [0.25, 0.3) is 0 Å². The van der Waals surface area contributed by atoms with E-state index in [-0.39, 0.29) is 11.7 Å². The minimum absolute atomic E-state index is 0.0294. The summed E-state index contributed by atoms with van der Waals surface area (Å²) in [5, 5.41) is 0. The number of likely N-dealkylation sites (N-methyl/N-ethyl adjacent to an activating group) is 1. The highest BCUT2D eigenvalue weighted by atomic mass is 16.2. The van der Waals surface area contributed by atoms with E-state index >= 15 is 0 Å². The second kappa shape index (κ2) is 4.12. The second-order valence-electron chi connectivity index (χ2n) is 4.36. The fourth-order valence-corrected chi connectivity index (χ4v) is 1.68. The first kappa shape index (κ1) is 10.9. The van der Waals surface area contributed by atoms with Crippen molar-refractivity contribution in [3.63, 3.8) is 0 Å². The minimum Gasteiger partial charge on any atom is -0.344 e. The number of carbonyl (C=O) groups excluding carboxylic acids is 2. The number of ketones is 1. The van der Waals surface area contributed by atoms with Crippen molar-refractivity contribution in [3.05, 3.63) is 24.0 Å². The van der Waals surface area contributed by atoms with Crippen molar-refractivity contribution in [3.8, 4) is 0 Å². The zero-order valence-corrected chi connectivity index (χ0v) is 9.64. The average molecular weight is 220 g/mol. The van der Waals surface area contributed by atoms with Crippen molar-refractivity contribution in [2.45, 2.75) is 32.4 Å².